The molecule has 2 aromatic rings. The van der Waals surface area contributed by atoms with Crippen LogP contribution in [-0.4, -0.2) is 33.2 Å². The van der Waals surface area contributed by atoms with Crippen molar-refractivity contribution in [2.24, 2.45) is 0 Å². The number of nitrogens with zero attached hydrogens (tertiary/aromatic N) is 1. The maximum absolute atomic E-state index is 12.3. The predicted octanol–water partition coefficient (Wildman–Crippen LogP) is 2.53. The van der Waals surface area contributed by atoms with Crippen molar-refractivity contribution in [3.63, 3.8) is 0 Å². The summed E-state index contributed by atoms with van der Waals surface area (Å²) >= 11 is 0. The lowest BCUT2D eigenvalue weighted by atomic mass is 10.1. The maximum atomic E-state index is 12.3. The van der Waals surface area contributed by atoms with E-state index in [-0.39, 0.29) is 29.7 Å². The first-order chi connectivity index (χ1) is 12.2. The van der Waals surface area contributed by atoms with Crippen LogP contribution in [0.25, 0.3) is 0 Å². The fourth-order valence-electron chi connectivity index (χ4n) is 2.45. The van der Waals surface area contributed by atoms with Gasteiger partial charge in [0.2, 0.25) is 15.9 Å². The zero-order valence-electron chi connectivity index (χ0n) is 15.0. The molecule has 6 nitrogen and oxygen atoms in total. The van der Waals surface area contributed by atoms with Gasteiger partial charge in [-0.1, -0.05) is 29.8 Å². The number of ketones is 1. The maximum Gasteiger partial charge on any atom is 0.240 e. The molecule has 0 fully saturated rings. The predicted molar refractivity (Wildman–Crippen MR) is 101 cm³/mol. The third-order valence-corrected chi connectivity index (χ3v) is 5.38. The number of Topliss-reactive ketones (excluding diaryl/α,β-unsaturated/α-hetero) is 1. The van der Waals surface area contributed by atoms with Crippen molar-refractivity contribution in [3.8, 4) is 0 Å². The molecule has 0 aromatic heterocycles. The van der Waals surface area contributed by atoms with Crippen molar-refractivity contribution < 1.29 is 18.0 Å². The summed E-state index contributed by atoms with van der Waals surface area (Å²) in [6, 6.07) is 13.2. The first-order valence-electron chi connectivity index (χ1n) is 8.16. The number of carbonyl (C=O) groups excluding carboxylic acids is 2. The molecule has 0 atom stereocenters. The van der Waals surface area contributed by atoms with E-state index in [0.29, 0.717) is 11.3 Å². The summed E-state index contributed by atoms with van der Waals surface area (Å²) in [6.07, 6.45) is 0. The highest BCUT2D eigenvalue weighted by Gasteiger charge is 2.16. The molecule has 0 aliphatic heterocycles. The quantitative estimate of drug-likeness (QED) is 0.755. The molecule has 2 rings (SSSR count). The zero-order valence-corrected chi connectivity index (χ0v) is 15.8. The molecule has 1 N–H and O–H groups in total. The topological polar surface area (TPSA) is 83.6 Å². The van der Waals surface area contributed by atoms with Gasteiger partial charge in [-0.05, 0) is 38.1 Å². The van der Waals surface area contributed by atoms with E-state index in [9.17, 15) is 18.0 Å². The van der Waals surface area contributed by atoms with E-state index in [2.05, 4.69) is 4.72 Å². The van der Waals surface area contributed by atoms with Crippen LogP contribution in [0, 0.1) is 6.92 Å². The second kappa shape index (κ2) is 8.25. The van der Waals surface area contributed by atoms with Crippen molar-refractivity contribution in [1.29, 1.82) is 0 Å². The van der Waals surface area contributed by atoms with Gasteiger partial charge in [0.1, 0.15) is 0 Å². The Kier molecular flexibility index (Phi) is 6.28. The highest BCUT2D eigenvalue weighted by Crippen LogP contribution is 2.17. The summed E-state index contributed by atoms with van der Waals surface area (Å²) in [5.41, 5.74) is 2.02. The second-order valence-corrected chi connectivity index (χ2v) is 7.75. The minimum Gasteiger partial charge on any atom is -0.311 e. The van der Waals surface area contributed by atoms with Crippen LogP contribution in [-0.2, 0) is 14.8 Å². The summed E-state index contributed by atoms with van der Waals surface area (Å²) < 4.78 is 27.1. The molecule has 0 spiro atoms. The van der Waals surface area contributed by atoms with E-state index in [4.69, 9.17) is 0 Å². The molecule has 138 valence electrons. The molecule has 0 radical (unpaired) electrons. The van der Waals surface area contributed by atoms with E-state index < -0.39 is 10.0 Å². The lowest BCUT2D eigenvalue weighted by Gasteiger charge is -2.22. The third-order valence-electron chi connectivity index (χ3n) is 3.90. The zero-order chi connectivity index (χ0) is 19.3. The van der Waals surface area contributed by atoms with E-state index in [0.717, 1.165) is 5.56 Å². The molecule has 0 heterocycles. The van der Waals surface area contributed by atoms with E-state index in [1.54, 1.807) is 36.4 Å². The van der Waals surface area contributed by atoms with E-state index >= 15 is 0 Å². The fraction of sp³-hybridized carbons (Fsp3) is 0.263. The van der Waals surface area contributed by atoms with Crippen molar-refractivity contribution in [2.45, 2.75) is 25.7 Å². The van der Waals surface area contributed by atoms with Gasteiger partial charge in [0.05, 0.1) is 4.90 Å². The van der Waals surface area contributed by atoms with Gasteiger partial charge in [0, 0.05) is 31.3 Å². The average Bonchev–Trinajstić information content (AvgIpc) is 2.59. The molecule has 0 saturated heterocycles. The summed E-state index contributed by atoms with van der Waals surface area (Å²) in [4.78, 5) is 25.1. The molecule has 0 bridgehead atoms. The van der Waals surface area contributed by atoms with Gasteiger partial charge in [-0.15, -0.1) is 0 Å². The van der Waals surface area contributed by atoms with Gasteiger partial charge >= 0.3 is 0 Å². The lowest BCUT2D eigenvalue weighted by Crippen LogP contribution is -2.37. The molecule has 0 aliphatic carbocycles. The van der Waals surface area contributed by atoms with Crippen LogP contribution in [0.2, 0.25) is 0 Å². The Hall–Kier alpha value is -2.51. The highest BCUT2D eigenvalue weighted by atomic mass is 32.2. The van der Waals surface area contributed by atoms with Gasteiger partial charge in [-0.2, -0.15) is 0 Å². The SMILES string of the molecule is CC(=O)c1cccc(N(CCNS(=O)(=O)c2ccc(C)cc2)C(C)=O)c1. The Morgan fingerprint density at radius 1 is 1.04 bits per heavy atom. The Bertz CT molecular complexity index is 905. The second-order valence-electron chi connectivity index (χ2n) is 5.99. The Morgan fingerprint density at radius 3 is 2.27 bits per heavy atom. The number of hydrogen-bond acceptors (Lipinski definition) is 4. The Labute approximate surface area is 153 Å². The monoisotopic (exact) mass is 374 g/mol. The first-order valence-corrected chi connectivity index (χ1v) is 9.64. The van der Waals surface area contributed by atoms with E-state index in [1.807, 2.05) is 6.92 Å². The number of carbonyl (C=O) groups is 2. The van der Waals surface area contributed by atoms with Gasteiger partial charge in [0.25, 0.3) is 0 Å². The summed E-state index contributed by atoms with van der Waals surface area (Å²) in [6.45, 7) is 4.94. The van der Waals surface area contributed by atoms with Gasteiger partial charge < -0.3 is 4.90 Å². The van der Waals surface area contributed by atoms with Crippen molar-refractivity contribution >= 4 is 27.4 Å². The van der Waals surface area contributed by atoms with Crippen LogP contribution in [0.1, 0.15) is 29.8 Å². The number of amides is 1. The van der Waals surface area contributed by atoms with Crippen LogP contribution in [0.4, 0.5) is 5.69 Å². The van der Waals surface area contributed by atoms with Crippen LogP contribution >= 0.6 is 0 Å². The molecule has 0 unspecified atom stereocenters. The molecule has 0 saturated carbocycles. The first kappa shape index (κ1) is 19.8. The van der Waals surface area contributed by atoms with Crippen LogP contribution in [0.5, 0.6) is 0 Å². The largest absolute Gasteiger partial charge is 0.311 e. The van der Waals surface area contributed by atoms with Gasteiger partial charge in [0.15, 0.2) is 5.78 Å². The minimum absolute atomic E-state index is 0.0556. The van der Waals surface area contributed by atoms with Crippen molar-refractivity contribution in [1.82, 2.24) is 4.72 Å². The molecule has 26 heavy (non-hydrogen) atoms. The number of aryl methyl sites for hydroxylation is 1. The fourth-order valence-corrected chi connectivity index (χ4v) is 3.47. The molecule has 0 aliphatic rings. The highest BCUT2D eigenvalue weighted by molar-refractivity contribution is 7.89. The third kappa shape index (κ3) is 5.00. The smallest absolute Gasteiger partial charge is 0.240 e. The normalized spacial score (nSPS) is 11.2. The van der Waals surface area contributed by atoms with Crippen molar-refractivity contribution in [3.05, 3.63) is 59.7 Å². The number of nitrogens with one attached hydrogen (secondary N) is 1. The summed E-state index contributed by atoms with van der Waals surface area (Å²) in [5.74, 6) is -0.337. The summed E-state index contributed by atoms with van der Waals surface area (Å²) in [7, 11) is -3.64. The standard InChI is InChI=1S/C19H22N2O4S/c1-14-7-9-19(10-8-14)26(24,25)20-11-12-21(16(3)23)18-6-4-5-17(13-18)15(2)22/h4-10,13,20H,11-12H2,1-3H3. The van der Waals surface area contributed by atoms with Gasteiger partial charge in [-0.25, -0.2) is 13.1 Å². The Balaban J connectivity index is 2.10. The van der Waals surface area contributed by atoms with Gasteiger partial charge in [-0.3, -0.25) is 9.59 Å². The molecule has 1 amide bonds. The van der Waals surface area contributed by atoms with Crippen molar-refractivity contribution in [2.75, 3.05) is 18.0 Å². The number of benzene rings is 2. The average molecular weight is 374 g/mol. The van der Waals surface area contributed by atoms with E-state index in [1.165, 1.54) is 30.9 Å². The molecular formula is C19H22N2O4S. The molecular weight excluding hydrogens is 352 g/mol. The molecule has 2 aromatic carbocycles. The number of rotatable bonds is 7. The number of hydrogen-bond donors (Lipinski definition) is 1. The molecule has 7 heteroatoms. The Morgan fingerprint density at radius 2 is 1.69 bits per heavy atom. The number of sulfonamides is 1. The van der Waals surface area contributed by atoms with Crippen LogP contribution in [0.15, 0.2) is 53.4 Å². The van der Waals surface area contributed by atoms with Crippen LogP contribution < -0.4 is 9.62 Å². The summed E-state index contributed by atoms with van der Waals surface area (Å²) in [5, 5.41) is 0. The van der Waals surface area contributed by atoms with Crippen LogP contribution in [0.3, 0.4) is 0 Å². The minimum atomic E-state index is -3.64. The number of anilines is 1. The lowest BCUT2D eigenvalue weighted by molar-refractivity contribution is -0.116.